The van der Waals surface area contributed by atoms with E-state index in [4.69, 9.17) is 11.6 Å². The summed E-state index contributed by atoms with van der Waals surface area (Å²) in [4.78, 5) is 0.996. The van der Waals surface area contributed by atoms with Crippen LogP contribution in [0.2, 0.25) is 5.02 Å². The number of phenols is 1. The Morgan fingerprint density at radius 3 is 2.52 bits per heavy atom. The molecule has 0 aliphatic rings. The molecule has 0 atom stereocenters. The van der Waals surface area contributed by atoms with E-state index >= 15 is 0 Å². The summed E-state index contributed by atoms with van der Waals surface area (Å²) < 4.78 is 4.34. The Morgan fingerprint density at radius 2 is 1.71 bits per heavy atom. The highest BCUT2D eigenvalue weighted by molar-refractivity contribution is 7.98. The Labute approximate surface area is 132 Å². The molecule has 0 bridgehead atoms. The van der Waals surface area contributed by atoms with Gasteiger partial charge in [-0.2, -0.15) is 0 Å². The molecule has 3 aromatic carbocycles. The van der Waals surface area contributed by atoms with Crippen molar-refractivity contribution in [2.24, 2.45) is 4.40 Å². The lowest BCUT2D eigenvalue weighted by atomic mass is 10.0. The fourth-order valence-electron chi connectivity index (χ4n) is 2.06. The molecular weight excluding hydrogens is 302 g/mol. The zero-order chi connectivity index (χ0) is 14.7. The van der Waals surface area contributed by atoms with Gasteiger partial charge in [0.05, 0.1) is 0 Å². The second kappa shape index (κ2) is 6.20. The van der Waals surface area contributed by atoms with Gasteiger partial charge in [-0.05, 0) is 41.1 Å². The molecular formula is C17H12ClNOS. The molecule has 2 nitrogen and oxygen atoms in total. The van der Waals surface area contributed by atoms with Gasteiger partial charge in [-0.1, -0.05) is 41.9 Å². The molecule has 0 heterocycles. The van der Waals surface area contributed by atoms with E-state index in [1.807, 2.05) is 54.6 Å². The number of hydrogen-bond donors (Lipinski definition) is 1. The van der Waals surface area contributed by atoms with Crippen molar-refractivity contribution in [3.05, 3.63) is 71.2 Å². The molecule has 0 unspecified atom stereocenters. The minimum atomic E-state index is 0.231. The Balaban J connectivity index is 1.89. The maximum Gasteiger partial charge on any atom is 0.125 e. The SMILES string of the molecule is Oc1ccc2ccccc2c1C=NSc1ccc(Cl)cc1. The summed E-state index contributed by atoms with van der Waals surface area (Å²) in [6.45, 7) is 0. The van der Waals surface area contributed by atoms with Crippen LogP contribution in [0.5, 0.6) is 5.75 Å². The third kappa shape index (κ3) is 3.20. The Kier molecular flexibility index (Phi) is 4.13. The summed E-state index contributed by atoms with van der Waals surface area (Å²) in [5.41, 5.74) is 0.731. The van der Waals surface area contributed by atoms with Gasteiger partial charge in [0.25, 0.3) is 0 Å². The topological polar surface area (TPSA) is 32.6 Å². The van der Waals surface area contributed by atoms with Gasteiger partial charge in [-0.3, -0.25) is 0 Å². The first kappa shape index (κ1) is 14.0. The van der Waals surface area contributed by atoms with Crippen molar-refractivity contribution in [1.29, 1.82) is 0 Å². The minimum absolute atomic E-state index is 0.231. The predicted molar refractivity (Wildman–Crippen MR) is 90.5 cm³/mol. The second-order valence-corrected chi connectivity index (χ2v) is 5.80. The number of hydrogen-bond acceptors (Lipinski definition) is 3. The van der Waals surface area contributed by atoms with Crippen LogP contribution < -0.4 is 0 Å². The number of benzene rings is 3. The summed E-state index contributed by atoms with van der Waals surface area (Å²) in [7, 11) is 0. The number of aromatic hydroxyl groups is 1. The van der Waals surface area contributed by atoms with Crippen LogP contribution >= 0.6 is 23.5 Å². The number of nitrogens with zero attached hydrogens (tertiary/aromatic N) is 1. The Morgan fingerprint density at radius 1 is 0.952 bits per heavy atom. The van der Waals surface area contributed by atoms with E-state index in [0.29, 0.717) is 5.02 Å². The molecule has 0 saturated carbocycles. The molecule has 0 aliphatic heterocycles. The van der Waals surface area contributed by atoms with Crippen LogP contribution in [0.15, 0.2) is 70.0 Å². The Bertz CT molecular complexity index is 799. The monoisotopic (exact) mass is 313 g/mol. The predicted octanol–water partition coefficient (Wildman–Crippen LogP) is 5.33. The first-order valence-electron chi connectivity index (χ1n) is 6.41. The summed E-state index contributed by atoms with van der Waals surface area (Å²) in [5, 5.41) is 12.8. The van der Waals surface area contributed by atoms with Crippen molar-refractivity contribution >= 4 is 40.5 Å². The molecule has 21 heavy (non-hydrogen) atoms. The van der Waals surface area contributed by atoms with Gasteiger partial charge in [0.1, 0.15) is 5.75 Å². The molecule has 0 aromatic heterocycles. The van der Waals surface area contributed by atoms with E-state index in [0.717, 1.165) is 21.2 Å². The number of fused-ring (bicyclic) bond motifs is 1. The highest BCUT2D eigenvalue weighted by atomic mass is 35.5. The molecule has 0 aliphatic carbocycles. The van der Waals surface area contributed by atoms with E-state index in [9.17, 15) is 5.11 Å². The highest BCUT2D eigenvalue weighted by Crippen LogP contribution is 2.27. The van der Waals surface area contributed by atoms with E-state index in [2.05, 4.69) is 4.40 Å². The second-order valence-electron chi connectivity index (χ2n) is 4.50. The quantitative estimate of drug-likeness (QED) is 0.524. The largest absolute Gasteiger partial charge is 0.507 e. The highest BCUT2D eigenvalue weighted by Gasteiger charge is 2.04. The molecule has 1 N–H and O–H groups in total. The summed E-state index contributed by atoms with van der Waals surface area (Å²) in [6, 6.07) is 19.0. The molecule has 0 fully saturated rings. The van der Waals surface area contributed by atoms with Crippen molar-refractivity contribution in [1.82, 2.24) is 0 Å². The number of phenolic OH excluding ortho intramolecular Hbond substituents is 1. The lowest BCUT2D eigenvalue weighted by Gasteiger charge is -2.04. The molecule has 3 aromatic rings. The molecule has 104 valence electrons. The van der Waals surface area contributed by atoms with E-state index in [-0.39, 0.29) is 5.75 Å². The summed E-state index contributed by atoms with van der Waals surface area (Å²) in [6.07, 6.45) is 1.69. The van der Waals surface area contributed by atoms with Gasteiger partial charge in [0, 0.05) is 33.6 Å². The van der Waals surface area contributed by atoms with Crippen LogP contribution in [-0.4, -0.2) is 11.3 Å². The zero-order valence-electron chi connectivity index (χ0n) is 11.0. The van der Waals surface area contributed by atoms with E-state index < -0.39 is 0 Å². The Hall–Kier alpha value is -1.97. The van der Waals surface area contributed by atoms with Crippen molar-refractivity contribution < 1.29 is 5.11 Å². The van der Waals surface area contributed by atoms with Gasteiger partial charge in [0.2, 0.25) is 0 Å². The van der Waals surface area contributed by atoms with Gasteiger partial charge in [-0.25, -0.2) is 4.40 Å². The third-order valence-electron chi connectivity index (χ3n) is 3.10. The summed E-state index contributed by atoms with van der Waals surface area (Å²) >= 11 is 7.19. The smallest absolute Gasteiger partial charge is 0.125 e. The third-order valence-corrected chi connectivity index (χ3v) is 4.05. The zero-order valence-corrected chi connectivity index (χ0v) is 12.6. The van der Waals surface area contributed by atoms with Gasteiger partial charge in [0.15, 0.2) is 0 Å². The molecule has 0 radical (unpaired) electrons. The molecule has 3 rings (SSSR count). The van der Waals surface area contributed by atoms with Crippen molar-refractivity contribution in [2.45, 2.75) is 4.90 Å². The van der Waals surface area contributed by atoms with Crippen molar-refractivity contribution in [3.8, 4) is 5.75 Å². The van der Waals surface area contributed by atoms with Crippen LogP contribution in [0.1, 0.15) is 5.56 Å². The maximum atomic E-state index is 10.0. The first-order chi connectivity index (χ1) is 10.2. The molecule has 0 amide bonds. The van der Waals surface area contributed by atoms with Gasteiger partial charge in [-0.15, -0.1) is 0 Å². The normalized spacial score (nSPS) is 11.3. The van der Waals surface area contributed by atoms with Gasteiger partial charge < -0.3 is 5.11 Å². The minimum Gasteiger partial charge on any atom is -0.507 e. The standard InChI is InChI=1S/C17H12ClNOS/c18-13-6-8-14(9-7-13)21-19-11-16-15-4-2-1-3-12(15)5-10-17(16)20/h1-11,20H. The van der Waals surface area contributed by atoms with Crippen LogP contribution in [0.4, 0.5) is 0 Å². The van der Waals surface area contributed by atoms with Crippen LogP contribution in [-0.2, 0) is 0 Å². The first-order valence-corrected chi connectivity index (χ1v) is 7.56. The van der Waals surface area contributed by atoms with Crippen LogP contribution in [0.3, 0.4) is 0 Å². The van der Waals surface area contributed by atoms with Crippen LogP contribution in [0.25, 0.3) is 10.8 Å². The van der Waals surface area contributed by atoms with E-state index in [1.54, 1.807) is 12.3 Å². The lowest BCUT2D eigenvalue weighted by molar-refractivity contribution is 0.475. The van der Waals surface area contributed by atoms with E-state index in [1.165, 1.54) is 11.9 Å². The maximum absolute atomic E-state index is 10.0. The van der Waals surface area contributed by atoms with Crippen molar-refractivity contribution in [3.63, 3.8) is 0 Å². The molecule has 0 saturated heterocycles. The fraction of sp³-hybridized carbons (Fsp3) is 0. The molecule has 0 spiro atoms. The van der Waals surface area contributed by atoms with Gasteiger partial charge >= 0.3 is 0 Å². The van der Waals surface area contributed by atoms with Crippen LogP contribution in [0, 0.1) is 0 Å². The summed E-state index contributed by atoms with van der Waals surface area (Å²) in [5.74, 6) is 0.231. The lowest BCUT2D eigenvalue weighted by Crippen LogP contribution is -1.85. The van der Waals surface area contributed by atoms with Crippen molar-refractivity contribution in [2.75, 3.05) is 0 Å². The number of rotatable bonds is 3. The fourth-order valence-corrected chi connectivity index (χ4v) is 2.72. The molecule has 4 heteroatoms. The average molecular weight is 314 g/mol. The number of halogens is 1. The average Bonchev–Trinajstić information content (AvgIpc) is 2.51.